The maximum atomic E-state index is 13.6. The maximum absolute atomic E-state index is 13.6. The smallest absolute Gasteiger partial charge is 0.278 e. The molecular weight excluding hydrogens is 387 g/mol. The van der Waals surface area contributed by atoms with E-state index in [1.54, 1.807) is 6.92 Å². The van der Waals surface area contributed by atoms with Gasteiger partial charge in [-0.3, -0.25) is 9.59 Å². The Morgan fingerprint density at radius 2 is 1.66 bits per heavy atom. The van der Waals surface area contributed by atoms with Gasteiger partial charge in [0.05, 0.1) is 11.4 Å². The zero-order valence-corrected chi connectivity index (χ0v) is 15.5. The van der Waals surface area contributed by atoms with Gasteiger partial charge in [0.1, 0.15) is 24.0 Å². The number of nitrogens with zero attached hydrogens (tertiary/aromatic N) is 3. The Bertz CT molecular complexity index is 1100. The predicted octanol–water partition coefficient (Wildman–Crippen LogP) is 3.20. The number of rotatable bonds is 5. The number of anilines is 2. The van der Waals surface area contributed by atoms with Crippen LogP contribution in [0.1, 0.15) is 21.7 Å². The van der Waals surface area contributed by atoms with Crippen molar-refractivity contribution in [3.63, 3.8) is 0 Å². The van der Waals surface area contributed by atoms with Crippen LogP contribution in [-0.4, -0.2) is 26.8 Å². The molecule has 0 saturated carbocycles. The van der Waals surface area contributed by atoms with Crippen LogP contribution in [0.2, 0.25) is 0 Å². The summed E-state index contributed by atoms with van der Waals surface area (Å²) in [6.45, 7) is 2.89. The van der Waals surface area contributed by atoms with Crippen molar-refractivity contribution in [2.75, 3.05) is 10.6 Å². The summed E-state index contributed by atoms with van der Waals surface area (Å²) in [6, 6.07) is 6.72. The summed E-state index contributed by atoms with van der Waals surface area (Å²) in [4.78, 5) is 24.6. The molecule has 0 bridgehead atoms. The summed E-state index contributed by atoms with van der Waals surface area (Å²) in [6.07, 6.45) is 0. The third-order valence-corrected chi connectivity index (χ3v) is 4.14. The molecule has 2 N–H and O–H groups in total. The SMILES string of the molecule is Cc1ccc(F)cc1NC(=O)c1nnn(CC(=O)Nc2ccc(F)cc2F)c1C. The second-order valence-electron chi connectivity index (χ2n) is 6.27. The Morgan fingerprint density at radius 3 is 2.38 bits per heavy atom. The highest BCUT2D eigenvalue weighted by atomic mass is 19.1. The Morgan fingerprint density at radius 1 is 0.966 bits per heavy atom. The van der Waals surface area contributed by atoms with Crippen molar-refractivity contribution in [3.05, 3.63) is 70.8 Å². The molecule has 0 spiro atoms. The molecule has 0 aliphatic carbocycles. The molecule has 2 amide bonds. The maximum Gasteiger partial charge on any atom is 0.278 e. The molecule has 10 heteroatoms. The van der Waals surface area contributed by atoms with Crippen molar-refractivity contribution in [3.8, 4) is 0 Å². The number of hydrogen-bond donors (Lipinski definition) is 2. The van der Waals surface area contributed by atoms with E-state index >= 15 is 0 Å². The number of hydrogen-bond acceptors (Lipinski definition) is 4. The summed E-state index contributed by atoms with van der Waals surface area (Å²) >= 11 is 0. The molecule has 29 heavy (non-hydrogen) atoms. The molecule has 3 aromatic rings. The van der Waals surface area contributed by atoms with Crippen LogP contribution in [-0.2, 0) is 11.3 Å². The highest BCUT2D eigenvalue weighted by Gasteiger charge is 2.19. The second kappa shape index (κ2) is 8.13. The first-order valence-electron chi connectivity index (χ1n) is 8.47. The van der Waals surface area contributed by atoms with E-state index in [0.29, 0.717) is 11.6 Å². The molecule has 1 heterocycles. The molecule has 0 radical (unpaired) electrons. The zero-order valence-electron chi connectivity index (χ0n) is 15.5. The lowest BCUT2D eigenvalue weighted by molar-refractivity contribution is -0.117. The van der Waals surface area contributed by atoms with Crippen molar-refractivity contribution < 1.29 is 22.8 Å². The largest absolute Gasteiger partial charge is 0.322 e. The molecule has 7 nitrogen and oxygen atoms in total. The van der Waals surface area contributed by atoms with Gasteiger partial charge in [-0.05, 0) is 43.7 Å². The number of nitrogens with one attached hydrogen (secondary N) is 2. The Balaban J connectivity index is 1.70. The minimum Gasteiger partial charge on any atom is -0.322 e. The highest BCUT2D eigenvalue weighted by Crippen LogP contribution is 2.18. The van der Waals surface area contributed by atoms with Gasteiger partial charge in [-0.2, -0.15) is 0 Å². The average Bonchev–Trinajstić information content (AvgIpc) is 3.01. The fourth-order valence-electron chi connectivity index (χ4n) is 2.55. The van der Waals surface area contributed by atoms with E-state index in [2.05, 4.69) is 20.9 Å². The standard InChI is InChI=1S/C19H16F3N5O2/c1-10-3-4-13(21)8-16(10)24-19(29)18-11(2)27(26-25-18)9-17(28)23-15-6-5-12(20)7-14(15)22/h3-8H,9H2,1-2H3,(H,23,28)(H,24,29). The van der Waals surface area contributed by atoms with Gasteiger partial charge >= 0.3 is 0 Å². The molecule has 0 fully saturated rings. The zero-order chi connectivity index (χ0) is 21.1. The molecule has 0 unspecified atom stereocenters. The van der Waals surface area contributed by atoms with Crippen LogP contribution in [0, 0.1) is 31.3 Å². The normalized spacial score (nSPS) is 10.7. The van der Waals surface area contributed by atoms with Gasteiger partial charge in [0.15, 0.2) is 5.69 Å². The van der Waals surface area contributed by atoms with Crippen molar-refractivity contribution in [2.45, 2.75) is 20.4 Å². The van der Waals surface area contributed by atoms with Gasteiger partial charge in [-0.1, -0.05) is 11.3 Å². The number of carbonyl (C=O) groups is 2. The molecule has 0 aliphatic heterocycles. The van der Waals surface area contributed by atoms with Crippen molar-refractivity contribution in [1.29, 1.82) is 0 Å². The number of halogens is 3. The number of aryl methyl sites for hydroxylation is 1. The molecule has 1 aromatic heterocycles. The topological polar surface area (TPSA) is 88.9 Å². The number of amides is 2. The first-order valence-corrected chi connectivity index (χ1v) is 8.47. The van der Waals surface area contributed by atoms with Crippen LogP contribution in [0.5, 0.6) is 0 Å². The average molecular weight is 403 g/mol. The van der Waals surface area contributed by atoms with E-state index in [0.717, 1.165) is 16.8 Å². The number of aromatic nitrogens is 3. The summed E-state index contributed by atoms with van der Waals surface area (Å²) in [5, 5.41) is 12.4. The van der Waals surface area contributed by atoms with Crippen molar-refractivity contribution in [1.82, 2.24) is 15.0 Å². The lowest BCUT2D eigenvalue weighted by Crippen LogP contribution is -2.21. The lowest BCUT2D eigenvalue weighted by atomic mass is 10.2. The molecule has 2 aromatic carbocycles. The molecule has 0 atom stereocenters. The predicted molar refractivity (Wildman–Crippen MR) is 98.8 cm³/mol. The summed E-state index contributed by atoms with van der Waals surface area (Å²) in [5.74, 6) is -3.45. The molecule has 150 valence electrons. The minimum atomic E-state index is -0.917. The molecule has 3 rings (SSSR count). The van der Waals surface area contributed by atoms with Gasteiger partial charge in [0.25, 0.3) is 5.91 Å². The Hall–Kier alpha value is -3.69. The quantitative estimate of drug-likeness (QED) is 0.685. The van der Waals surface area contributed by atoms with Crippen molar-refractivity contribution >= 4 is 23.2 Å². The van der Waals surface area contributed by atoms with Gasteiger partial charge in [0.2, 0.25) is 5.91 Å². The van der Waals surface area contributed by atoms with Gasteiger partial charge in [-0.25, -0.2) is 17.9 Å². The van der Waals surface area contributed by atoms with Crippen LogP contribution in [0.15, 0.2) is 36.4 Å². The number of benzene rings is 2. The van der Waals surface area contributed by atoms with Crippen molar-refractivity contribution in [2.24, 2.45) is 0 Å². The van der Waals surface area contributed by atoms with E-state index < -0.39 is 29.3 Å². The van der Waals surface area contributed by atoms with Crippen LogP contribution < -0.4 is 10.6 Å². The van der Waals surface area contributed by atoms with E-state index in [-0.39, 0.29) is 29.3 Å². The van der Waals surface area contributed by atoms with Gasteiger partial charge in [-0.15, -0.1) is 5.10 Å². The Kier molecular flexibility index (Phi) is 5.62. The van der Waals surface area contributed by atoms with Gasteiger partial charge in [0, 0.05) is 11.8 Å². The molecule has 0 saturated heterocycles. The number of carbonyl (C=O) groups excluding carboxylic acids is 2. The molecule has 0 aliphatic rings. The third kappa shape index (κ3) is 4.60. The first-order chi connectivity index (χ1) is 13.7. The van der Waals surface area contributed by atoms with E-state index in [1.165, 1.54) is 25.1 Å². The second-order valence-corrected chi connectivity index (χ2v) is 6.27. The van der Waals surface area contributed by atoms with E-state index in [4.69, 9.17) is 0 Å². The van der Waals surface area contributed by atoms with E-state index in [9.17, 15) is 22.8 Å². The third-order valence-electron chi connectivity index (χ3n) is 4.14. The summed E-state index contributed by atoms with van der Waals surface area (Å²) in [7, 11) is 0. The van der Waals surface area contributed by atoms with Crippen LogP contribution in [0.4, 0.5) is 24.5 Å². The first kappa shape index (κ1) is 20.1. The van der Waals surface area contributed by atoms with E-state index in [1.807, 2.05) is 0 Å². The van der Waals surface area contributed by atoms with Crippen LogP contribution in [0.25, 0.3) is 0 Å². The molecular formula is C19H16F3N5O2. The van der Waals surface area contributed by atoms with Crippen LogP contribution in [0.3, 0.4) is 0 Å². The van der Waals surface area contributed by atoms with Crippen LogP contribution >= 0.6 is 0 Å². The minimum absolute atomic E-state index is 0.0468. The fraction of sp³-hybridized carbons (Fsp3) is 0.158. The highest BCUT2D eigenvalue weighted by molar-refractivity contribution is 6.04. The monoisotopic (exact) mass is 403 g/mol. The summed E-state index contributed by atoms with van der Waals surface area (Å²) < 4.78 is 41.1. The van der Waals surface area contributed by atoms with Gasteiger partial charge < -0.3 is 10.6 Å². The lowest BCUT2D eigenvalue weighted by Gasteiger charge is -2.08. The fourth-order valence-corrected chi connectivity index (χ4v) is 2.55. The Labute approximate surface area is 163 Å². The summed E-state index contributed by atoms with van der Waals surface area (Å²) in [5.41, 5.74) is 0.994.